The largest absolute Gasteiger partial charge is 0.497 e. The summed E-state index contributed by atoms with van der Waals surface area (Å²) < 4.78 is 10.6. The Bertz CT molecular complexity index is 911. The van der Waals surface area contributed by atoms with Crippen LogP contribution in [0.5, 0.6) is 11.5 Å². The number of nitrogens with one attached hydrogen (secondary N) is 1. The second-order valence-electron chi connectivity index (χ2n) is 5.08. The molecule has 7 heteroatoms. The smallest absolute Gasteiger partial charge is 0.252 e. The van der Waals surface area contributed by atoms with E-state index in [0.717, 1.165) is 22.7 Å². The quantitative estimate of drug-likeness (QED) is 0.618. The minimum absolute atomic E-state index is 0.431. The van der Waals surface area contributed by atoms with Crippen LogP contribution < -0.4 is 14.8 Å². The van der Waals surface area contributed by atoms with Crippen molar-refractivity contribution in [1.29, 1.82) is 0 Å². The van der Waals surface area contributed by atoms with Crippen molar-refractivity contribution < 1.29 is 14.3 Å². The van der Waals surface area contributed by atoms with Gasteiger partial charge in [-0.25, -0.2) is 4.98 Å². The number of halogens is 1. The molecule has 1 heterocycles. The Labute approximate surface area is 154 Å². The Morgan fingerprint density at radius 3 is 2.72 bits per heavy atom. The first-order valence-electron chi connectivity index (χ1n) is 7.35. The molecular weight excluding hydrogens is 360 g/mol. The minimum atomic E-state index is -0.494. The summed E-state index contributed by atoms with van der Waals surface area (Å²) in [6.45, 7) is 0. The van der Waals surface area contributed by atoms with Gasteiger partial charge in [0.05, 0.1) is 19.9 Å². The number of rotatable bonds is 6. The SMILES string of the molecule is COc1ccc(-c2csc(Nc3cccc(C(=O)Cl)c3)n2)c(OC)c1. The number of benzene rings is 2. The van der Waals surface area contributed by atoms with E-state index in [1.54, 1.807) is 32.4 Å². The molecule has 1 N–H and O–H groups in total. The van der Waals surface area contributed by atoms with Crippen LogP contribution in [0.4, 0.5) is 10.8 Å². The molecule has 0 bridgehead atoms. The molecule has 128 valence electrons. The lowest BCUT2D eigenvalue weighted by atomic mass is 10.1. The summed E-state index contributed by atoms with van der Waals surface area (Å²) in [6.07, 6.45) is 0. The fraction of sp³-hybridized carbons (Fsp3) is 0.111. The van der Waals surface area contributed by atoms with E-state index in [-0.39, 0.29) is 0 Å². The lowest BCUT2D eigenvalue weighted by Gasteiger charge is -2.08. The molecule has 0 amide bonds. The van der Waals surface area contributed by atoms with E-state index in [0.29, 0.717) is 16.4 Å². The summed E-state index contributed by atoms with van der Waals surface area (Å²) in [4.78, 5) is 15.8. The van der Waals surface area contributed by atoms with E-state index in [2.05, 4.69) is 10.3 Å². The standard InChI is InChI=1S/C18H15ClN2O3S/c1-23-13-6-7-14(16(9-13)24-2)15-10-25-18(21-15)20-12-5-3-4-11(8-12)17(19)22/h3-10H,1-2H3,(H,20,21). The molecule has 0 fully saturated rings. The predicted octanol–water partition coefficient (Wildman–Crippen LogP) is 4.95. The molecule has 0 saturated heterocycles. The fourth-order valence-electron chi connectivity index (χ4n) is 2.31. The first-order valence-corrected chi connectivity index (χ1v) is 8.61. The Morgan fingerprint density at radius 1 is 1.16 bits per heavy atom. The van der Waals surface area contributed by atoms with Crippen LogP contribution in [0.1, 0.15) is 10.4 Å². The zero-order valence-electron chi connectivity index (χ0n) is 13.6. The molecule has 0 atom stereocenters. The first kappa shape index (κ1) is 17.3. The number of thiazole rings is 1. The average Bonchev–Trinajstić information content (AvgIpc) is 3.09. The van der Waals surface area contributed by atoms with Crippen molar-refractivity contribution in [2.75, 3.05) is 19.5 Å². The van der Waals surface area contributed by atoms with E-state index in [1.165, 1.54) is 11.3 Å². The van der Waals surface area contributed by atoms with Gasteiger partial charge in [-0.1, -0.05) is 6.07 Å². The van der Waals surface area contributed by atoms with Crippen molar-refractivity contribution in [1.82, 2.24) is 4.98 Å². The van der Waals surface area contributed by atoms with Gasteiger partial charge in [-0.15, -0.1) is 11.3 Å². The highest BCUT2D eigenvalue weighted by Crippen LogP contribution is 2.35. The molecule has 25 heavy (non-hydrogen) atoms. The molecule has 0 spiro atoms. The van der Waals surface area contributed by atoms with Crippen LogP contribution in [0.2, 0.25) is 0 Å². The van der Waals surface area contributed by atoms with Crippen LogP contribution in [0.15, 0.2) is 47.8 Å². The van der Waals surface area contributed by atoms with Gasteiger partial charge in [-0.05, 0) is 41.9 Å². The van der Waals surface area contributed by atoms with Gasteiger partial charge < -0.3 is 14.8 Å². The number of hydrogen-bond donors (Lipinski definition) is 1. The monoisotopic (exact) mass is 374 g/mol. The maximum absolute atomic E-state index is 11.3. The van der Waals surface area contributed by atoms with Gasteiger partial charge in [-0.2, -0.15) is 0 Å². The van der Waals surface area contributed by atoms with Crippen LogP contribution in [-0.4, -0.2) is 24.4 Å². The zero-order chi connectivity index (χ0) is 17.8. The lowest BCUT2D eigenvalue weighted by molar-refractivity contribution is 0.108. The fourth-order valence-corrected chi connectivity index (χ4v) is 3.16. The third kappa shape index (κ3) is 3.92. The van der Waals surface area contributed by atoms with Crippen molar-refractivity contribution in [2.45, 2.75) is 0 Å². The second-order valence-corrected chi connectivity index (χ2v) is 6.29. The van der Waals surface area contributed by atoms with Crippen LogP contribution in [-0.2, 0) is 0 Å². The molecular formula is C18H15ClN2O3S. The third-order valence-electron chi connectivity index (χ3n) is 3.53. The van der Waals surface area contributed by atoms with Gasteiger partial charge in [0.25, 0.3) is 5.24 Å². The average molecular weight is 375 g/mol. The lowest BCUT2D eigenvalue weighted by Crippen LogP contribution is -1.94. The predicted molar refractivity (Wildman–Crippen MR) is 101 cm³/mol. The number of aromatic nitrogens is 1. The van der Waals surface area contributed by atoms with Gasteiger partial charge in [-0.3, -0.25) is 4.79 Å². The molecule has 0 aliphatic heterocycles. The van der Waals surface area contributed by atoms with Gasteiger partial charge in [0.15, 0.2) is 5.13 Å². The van der Waals surface area contributed by atoms with Gasteiger partial charge >= 0.3 is 0 Å². The van der Waals surface area contributed by atoms with Crippen LogP contribution in [0.25, 0.3) is 11.3 Å². The van der Waals surface area contributed by atoms with Crippen LogP contribution in [0, 0.1) is 0 Å². The maximum Gasteiger partial charge on any atom is 0.252 e. The summed E-state index contributed by atoms with van der Waals surface area (Å²) in [5.74, 6) is 1.41. The topological polar surface area (TPSA) is 60.5 Å². The number of carbonyl (C=O) groups excluding carboxylic acids is 1. The van der Waals surface area contributed by atoms with E-state index < -0.39 is 5.24 Å². The maximum atomic E-state index is 11.3. The Hall–Kier alpha value is -2.57. The highest BCUT2D eigenvalue weighted by atomic mass is 35.5. The highest BCUT2D eigenvalue weighted by Gasteiger charge is 2.12. The molecule has 2 aromatic carbocycles. The highest BCUT2D eigenvalue weighted by molar-refractivity contribution is 7.14. The molecule has 1 aromatic heterocycles. The van der Waals surface area contributed by atoms with E-state index in [9.17, 15) is 4.79 Å². The first-order chi connectivity index (χ1) is 12.1. The van der Waals surface area contributed by atoms with E-state index in [4.69, 9.17) is 21.1 Å². The van der Waals surface area contributed by atoms with E-state index >= 15 is 0 Å². The summed E-state index contributed by atoms with van der Waals surface area (Å²) in [5.41, 5.74) is 2.84. The van der Waals surface area contributed by atoms with Gasteiger partial charge in [0.1, 0.15) is 11.5 Å². The van der Waals surface area contributed by atoms with Crippen molar-refractivity contribution in [3.8, 4) is 22.8 Å². The summed E-state index contributed by atoms with van der Waals surface area (Å²) >= 11 is 6.97. The number of carbonyl (C=O) groups is 1. The zero-order valence-corrected chi connectivity index (χ0v) is 15.1. The van der Waals surface area contributed by atoms with Crippen molar-refractivity contribution in [3.05, 3.63) is 53.4 Å². The number of hydrogen-bond acceptors (Lipinski definition) is 6. The Kier molecular flexibility index (Phi) is 5.21. The van der Waals surface area contributed by atoms with Gasteiger partial charge in [0.2, 0.25) is 0 Å². The van der Waals surface area contributed by atoms with Crippen molar-refractivity contribution >= 4 is 39.0 Å². The van der Waals surface area contributed by atoms with Crippen LogP contribution >= 0.6 is 22.9 Å². The summed E-state index contributed by atoms with van der Waals surface area (Å²) in [7, 11) is 3.22. The van der Waals surface area contributed by atoms with Gasteiger partial charge in [0, 0.05) is 28.3 Å². The molecule has 0 unspecified atom stereocenters. The number of methoxy groups -OCH3 is 2. The molecule has 0 aliphatic carbocycles. The van der Waals surface area contributed by atoms with Crippen molar-refractivity contribution in [2.24, 2.45) is 0 Å². The normalized spacial score (nSPS) is 10.4. The number of nitrogens with zero attached hydrogens (tertiary/aromatic N) is 1. The van der Waals surface area contributed by atoms with Crippen molar-refractivity contribution in [3.63, 3.8) is 0 Å². The number of anilines is 2. The van der Waals surface area contributed by atoms with E-state index in [1.807, 2.05) is 29.6 Å². The molecule has 0 saturated carbocycles. The van der Waals surface area contributed by atoms with Crippen LogP contribution in [0.3, 0.4) is 0 Å². The molecule has 5 nitrogen and oxygen atoms in total. The minimum Gasteiger partial charge on any atom is -0.497 e. The summed E-state index contributed by atoms with van der Waals surface area (Å²) in [6, 6.07) is 12.5. The molecule has 3 rings (SSSR count). The third-order valence-corrected chi connectivity index (χ3v) is 4.51. The summed E-state index contributed by atoms with van der Waals surface area (Å²) in [5, 5.41) is 5.32. The number of ether oxygens (including phenoxy) is 2. The Balaban J connectivity index is 1.86. The molecule has 0 aliphatic rings. The molecule has 3 aromatic rings. The molecule has 0 radical (unpaired) electrons. The second kappa shape index (κ2) is 7.55. The Morgan fingerprint density at radius 2 is 2.00 bits per heavy atom.